The molecule has 0 unspecified atom stereocenters. The fourth-order valence-electron chi connectivity index (χ4n) is 2.82. The molecule has 0 bridgehead atoms. The van der Waals surface area contributed by atoms with E-state index in [0.717, 1.165) is 23.9 Å². The van der Waals surface area contributed by atoms with Crippen LogP contribution in [0.25, 0.3) is 0 Å². The highest BCUT2D eigenvalue weighted by atomic mass is 35.5. The molecule has 6 nitrogen and oxygen atoms in total. The maximum atomic E-state index is 12.8. The summed E-state index contributed by atoms with van der Waals surface area (Å²) in [5, 5.41) is 7.13. The largest absolute Gasteiger partial charge is 0.416 e. The van der Waals surface area contributed by atoms with Crippen LogP contribution in [0.15, 0.2) is 41.3 Å². The van der Waals surface area contributed by atoms with Gasteiger partial charge in [0.25, 0.3) is 0 Å². The van der Waals surface area contributed by atoms with Crippen molar-refractivity contribution in [3.05, 3.63) is 52.5 Å². The summed E-state index contributed by atoms with van der Waals surface area (Å²) in [5.41, 5.74) is 0.386. The molecule has 1 aliphatic rings. The molecule has 0 aromatic heterocycles. The molecule has 164 valence electrons. The molecule has 2 aromatic carbocycles. The Morgan fingerprint density at radius 3 is 2.65 bits per heavy atom. The number of rotatable bonds is 5. The van der Waals surface area contributed by atoms with Crippen molar-refractivity contribution in [2.45, 2.75) is 29.7 Å². The fraction of sp³-hybridized carbons (Fsp3) is 0.250. The van der Waals surface area contributed by atoms with E-state index in [1.807, 2.05) is 0 Å². The molecule has 0 spiro atoms. The Morgan fingerprint density at radius 1 is 1.19 bits per heavy atom. The first-order chi connectivity index (χ1) is 14.5. The van der Waals surface area contributed by atoms with E-state index in [9.17, 15) is 27.6 Å². The lowest BCUT2D eigenvalue weighted by atomic mass is 10.1. The number of fused-ring (bicyclic) bond motifs is 1. The van der Waals surface area contributed by atoms with Gasteiger partial charge in [0.2, 0.25) is 17.7 Å². The number of nitrogens with one attached hydrogen (secondary N) is 3. The first-order valence-electron chi connectivity index (χ1n) is 9.05. The van der Waals surface area contributed by atoms with Gasteiger partial charge in [-0.3, -0.25) is 14.4 Å². The van der Waals surface area contributed by atoms with Gasteiger partial charge in [-0.25, -0.2) is 0 Å². The summed E-state index contributed by atoms with van der Waals surface area (Å²) in [4.78, 5) is 36.9. The van der Waals surface area contributed by atoms with Crippen LogP contribution in [0, 0.1) is 6.92 Å². The van der Waals surface area contributed by atoms with Crippen LogP contribution in [-0.4, -0.2) is 29.5 Å². The van der Waals surface area contributed by atoms with Crippen molar-refractivity contribution in [2.75, 3.05) is 17.2 Å². The van der Waals surface area contributed by atoms with Crippen LogP contribution < -0.4 is 16.0 Å². The van der Waals surface area contributed by atoms with Gasteiger partial charge in [0.1, 0.15) is 0 Å². The SMILES string of the molecule is Cc1c(Cl)cccc1NC(=O)CNC(=O)C[C@H]1Sc2ccc(C(F)(F)F)cc2NC1=O. The third kappa shape index (κ3) is 5.71. The summed E-state index contributed by atoms with van der Waals surface area (Å²) >= 11 is 6.99. The van der Waals surface area contributed by atoms with Gasteiger partial charge in [-0.05, 0) is 42.8 Å². The predicted octanol–water partition coefficient (Wildman–Crippen LogP) is 4.23. The van der Waals surface area contributed by atoms with E-state index in [0.29, 0.717) is 21.2 Å². The molecule has 1 aliphatic heterocycles. The molecule has 1 heterocycles. The van der Waals surface area contributed by atoms with Crippen LogP contribution in [0.4, 0.5) is 24.5 Å². The number of carbonyl (C=O) groups is 3. The number of hydrogen-bond acceptors (Lipinski definition) is 4. The smallest absolute Gasteiger partial charge is 0.347 e. The van der Waals surface area contributed by atoms with Crippen molar-refractivity contribution in [1.82, 2.24) is 5.32 Å². The van der Waals surface area contributed by atoms with E-state index in [2.05, 4.69) is 16.0 Å². The van der Waals surface area contributed by atoms with Crippen LogP contribution in [0.1, 0.15) is 17.5 Å². The van der Waals surface area contributed by atoms with Crippen LogP contribution in [0.3, 0.4) is 0 Å². The number of alkyl halides is 3. The van der Waals surface area contributed by atoms with Gasteiger partial charge in [-0.1, -0.05) is 17.7 Å². The highest BCUT2D eigenvalue weighted by Crippen LogP contribution is 2.40. The Kier molecular flexibility index (Phi) is 6.80. The van der Waals surface area contributed by atoms with Gasteiger partial charge >= 0.3 is 6.18 Å². The number of carbonyl (C=O) groups excluding carboxylic acids is 3. The summed E-state index contributed by atoms with van der Waals surface area (Å²) in [5.74, 6) is -1.59. The standard InChI is InChI=1S/C20H17ClF3N3O3S/c1-10-12(21)3-2-4-13(10)26-18(29)9-25-17(28)8-16-19(30)27-14-7-11(20(22,23)24)5-6-15(14)31-16/h2-7,16H,8-9H2,1H3,(H,25,28)(H,26,29)(H,27,30)/t16-/m1/s1. The molecule has 0 fully saturated rings. The minimum absolute atomic E-state index is 0.0535. The lowest BCUT2D eigenvalue weighted by Crippen LogP contribution is -2.38. The maximum Gasteiger partial charge on any atom is 0.416 e. The topological polar surface area (TPSA) is 87.3 Å². The lowest BCUT2D eigenvalue weighted by Gasteiger charge is -2.24. The molecule has 3 rings (SSSR count). The van der Waals surface area contributed by atoms with Crippen LogP contribution in [0.2, 0.25) is 5.02 Å². The van der Waals surface area contributed by atoms with Gasteiger partial charge in [-0.15, -0.1) is 11.8 Å². The highest BCUT2D eigenvalue weighted by molar-refractivity contribution is 8.01. The Morgan fingerprint density at radius 2 is 1.94 bits per heavy atom. The number of halogens is 4. The van der Waals surface area contributed by atoms with Gasteiger partial charge < -0.3 is 16.0 Å². The zero-order chi connectivity index (χ0) is 22.8. The van der Waals surface area contributed by atoms with E-state index in [-0.39, 0.29) is 18.7 Å². The van der Waals surface area contributed by atoms with Crippen LogP contribution in [0.5, 0.6) is 0 Å². The van der Waals surface area contributed by atoms with Gasteiger partial charge in [0.05, 0.1) is 23.0 Å². The van der Waals surface area contributed by atoms with E-state index >= 15 is 0 Å². The van der Waals surface area contributed by atoms with E-state index in [1.54, 1.807) is 25.1 Å². The summed E-state index contributed by atoms with van der Waals surface area (Å²) < 4.78 is 38.5. The summed E-state index contributed by atoms with van der Waals surface area (Å²) in [6.07, 6.45) is -4.76. The van der Waals surface area contributed by atoms with Gasteiger partial charge in [0, 0.05) is 22.0 Å². The average Bonchev–Trinajstić information content (AvgIpc) is 2.69. The Labute approximate surface area is 184 Å². The number of hydrogen-bond donors (Lipinski definition) is 3. The van der Waals surface area contributed by atoms with Crippen molar-refractivity contribution < 1.29 is 27.6 Å². The molecule has 0 radical (unpaired) electrons. The van der Waals surface area contributed by atoms with Crippen molar-refractivity contribution in [3.8, 4) is 0 Å². The third-order valence-electron chi connectivity index (χ3n) is 4.49. The summed E-state index contributed by atoms with van der Waals surface area (Å²) in [6, 6.07) is 8.07. The molecular formula is C20H17ClF3N3O3S. The number of anilines is 2. The van der Waals surface area contributed by atoms with E-state index in [1.165, 1.54) is 6.07 Å². The normalized spacial score (nSPS) is 15.6. The third-order valence-corrected chi connectivity index (χ3v) is 6.17. The van der Waals surface area contributed by atoms with Crippen LogP contribution in [-0.2, 0) is 20.6 Å². The zero-order valence-corrected chi connectivity index (χ0v) is 17.7. The maximum absolute atomic E-state index is 12.8. The molecule has 11 heteroatoms. The Hall–Kier alpha value is -2.72. The molecule has 2 aromatic rings. The molecular weight excluding hydrogens is 455 g/mol. The quantitative estimate of drug-likeness (QED) is 0.609. The van der Waals surface area contributed by atoms with Crippen molar-refractivity contribution in [3.63, 3.8) is 0 Å². The minimum Gasteiger partial charge on any atom is -0.347 e. The molecule has 0 saturated carbocycles. The summed E-state index contributed by atoms with van der Waals surface area (Å²) in [7, 11) is 0. The predicted molar refractivity (Wildman–Crippen MR) is 112 cm³/mol. The highest BCUT2D eigenvalue weighted by Gasteiger charge is 2.34. The van der Waals surface area contributed by atoms with Crippen LogP contribution >= 0.6 is 23.4 Å². The minimum atomic E-state index is -4.52. The fourth-order valence-corrected chi connectivity index (χ4v) is 4.08. The molecule has 1 atom stereocenters. The number of thioether (sulfide) groups is 1. The Bertz CT molecular complexity index is 1050. The number of benzene rings is 2. The second-order valence-electron chi connectivity index (χ2n) is 6.75. The first kappa shape index (κ1) is 23.0. The molecule has 0 saturated heterocycles. The molecule has 3 N–H and O–H groups in total. The van der Waals surface area contributed by atoms with Crippen molar-refractivity contribution in [2.24, 2.45) is 0 Å². The van der Waals surface area contributed by atoms with E-state index in [4.69, 9.17) is 11.6 Å². The first-order valence-corrected chi connectivity index (χ1v) is 10.3. The molecule has 3 amide bonds. The zero-order valence-electron chi connectivity index (χ0n) is 16.1. The number of amides is 3. The molecule has 0 aliphatic carbocycles. The Balaban J connectivity index is 1.54. The van der Waals surface area contributed by atoms with Gasteiger partial charge in [0.15, 0.2) is 0 Å². The molecule has 31 heavy (non-hydrogen) atoms. The second-order valence-corrected chi connectivity index (χ2v) is 8.40. The lowest BCUT2D eigenvalue weighted by molar-refractivity contribution is -0.137. The second kappa shape index (κ2) is 9.19. The monoisotopic (exact) mass is 471 g/mol. The van der Waals surface area contributed by atoms with Gasteiger partial charge in [-0.2, -0.15) is 13.2 Å². The van der Waals surface area contributed by atoms with E-state index < -0.39 is 34.7 Å². The van der Waals surface area contributed by atoms with Crippen molar-refractivity contribution in [1.29, 1.82) is 0 Å². The summed E-state index contributed by atoms with van der Waals surface area (Å²) in [6.45, 7) is 1.43. The average molecular weight is 472 g/mol. The van der Waals surface area contributed by atoms with Crippen molar-refractivity contribution >= 4 is 52.5 Å².